The molecule has 1 rings (SSSR count). The number of rotatable bonds is 9. The maximum absolute atomic E-state index is 12.3. The first-order chi connectivity index (χ1) is 11.8. The van der Waals surface area contributed by atoms with Gasteiger partial charge in [0.15, 0.2) is 0 Å². The SMILES string of the molecule is CCN(CC)c1ccc(NC(=O)CN(CCC(C)C)C(C)=O)c(C)c1. The van der Waals surface area contributed by atoms with E-state index in [-0.39, 0.29) is 18.4 Å². The molecule has 0 aromatic heterocycles. The summed E-state index contributed by atoms with van der Waals surface area (Å²) in [5, 5.41) is 2.93. The Morgan fingerprint density at radius 3 is 2.28 bits per heavy atom. The van der Waals surface area contributed by atoms with Crippen molar-refractivity contribution in [2.24, 2.45) is 5.92 Å². The number of hydrogen-bond donors (Lipinski definition) is 1. The van der Waals surface area contributed by atoms with Crippen LogP contribution >= 0.6 is 0 Å². The van der Waals surface area contributed by atoms with Gasteiger partial charge in [0, 0.05) is 37.9 Å². The monoisotopic (exact) mass is 347 g/mol. The van der Waals surface area contributed by atoms with Crippen LogP contribution in [0.2, 0.25) is 0 Å². The minimum absolute atomic E-state index is 0.0654. The Kier molecular flexibility index (Phi) is 8.46. The van der Waals surface area contributed by atoms with Crippen LogP contribution in [-0.2, 0) is 9.59 Å². The summed E-state index contributed by atoms with van der Waals surface area (Å²) in [7, 11) is 0. The molecule has 1 aromatic rings. The van der Waals surface area contributed by atoms with E-state index in [2.05, 4.69) is 44.0 Å². The number of hydrogen-bond acceptors (Lipinski definition) is 3. The second-order valence-electron chi connectivity index (χ2n) is 6.84. The summed E-state index contributed by atoms with van der Waals surface area (Å²) in [6, 6.07) is 6.05. The summed E-state index contributed by atoms with van der Waals surface area (Å²) in [4.78, 5) is 27.9. The van der Waals surface area contributed by atoms with E-state index in [0.29, 0.717) is 12.5 Å². The van der Waals surface area contributed by atoms with E-state index < -0.39 is 0 Å². The average molecular weight is 348 g/mol. The van der Waals surface area contributed by atoms with Gasteiger partial charge in [-0.25, -0.2) is 0 Å². The average Bonchev–Trinajstić information content (AvgIpc) is 2.54. The van der Waals surface area contributed by atoms with E-state index in [9.17, 15) is 9.59 Å². The predicted molar refractivity (Wildman–Crippen MR) is 105 cm³/mol. The largest absolute Gasteiger partial charge is 0.372 e. The fraction of sp³-hybridized carbons (Fsp3) is 0.600. The zero-order valence-electron chi connectivity index (χ0n) is 16.6. The van der Waals surface area contributed by atoms with Gasteiger partial charge in [-0.05, 0) is 56.9 Å². The molecule has 0 bridgehead atoms. The van der Waals surface area contributed by atoms with E-state index in [0.717, 1.165) is 36.4 Å². The maximum atomic E-state index is 12.3. The summed E-state index contributed by atoms with van der Waals surface area (Å²) in [5.41, 5.74) is 2.98. The molecule has 1 aromatic carbocycles. The quantitative estimate of drug-likeness (QED) is 0.741. The smallest absolute Gasteiger partial charge is 0.244 e. The third kappa shape index (κ3) is 6.77. The first-order valence-corrected chi connectivity index (χ1v) is 9.19. The first kappa shape index (κ1) is 21.0. The van der Waals surface area contributed by atoms with Crippen molar-refractivity contribution < 1.29 is 9.59 Å². The fourth-order valence-electron chi connectivity index (χ4n) is 2.70. The lowest BCUT2D eigenvalue weighted by atomic mass is 10.1. The minimum Gasteiger partial charge on any atom is -0.372 e. The van der Waals surface area contributed by atoms with Crippen LogP contribution in [0.3, 0.4) is 0 Å². The molecule has 0 saturated heterocycles. The minimum atomic E-state index is -0.155. The molecular formula is C20H33N3O2. The Bertz CT molecular complexity index is 580. The molecule has 0 heterocycles. The first-order valence-electron chi connectivity index (χ1n) is 9.19. The Hall–Kier alpha value is -2.04. The van der Waals surface area contributed by atoms with Crippen molar-refractivity contribution in [3.8, 4) is 0 Å². The van der Waals surface area contributed by atoms with Gasteiger partial charge >= 0.3 is 0 Å². The van der Waals surface area contributed by atoms with Crippen LogP contribution in [0.1, 0.15) is 46.6 Å². The Morgan fingerprint density at radius 2 is 1.80 bits per heavy atom. The molecule has 25 heavy (non-hydrogen) atoms. The number of benzene rings is 1. The van der Waals surface area contributed by atoms with Crippen LogP contribution in [-0.4, -0.2) is 42.9 Å². The lowest BCUT2D eigenvalue weighted by Crippen LogP contribution is -2.37. The number of anilines is 2. The number of amides is 2. The molecule has 0 spiro atoms. The van der Waals surface area contributed by atoms with Crippen LogP contribution in [0, 0.1) is 12.8 Å². The van der Waals surface area contributed by atoms with Crippen LogP contribution in [0.25, 0.3) is 0 Å². The predicted octanol–water partition coefficient (Wildman–Crippen LogP) is 3.67. The molecule has 0 aliphatic carbocycles. The molecule has 0 radical (unpaired) electrons. The molecule has 0 aliphatic rings. The van der Waals surface area contributed by atoms with Gasteiger partial charge in [0.25, 0.3) is 0 Å². The van der Waals surface area contributed by atoms with E-state index in [4.69, 9.17) is 0 Å². The van der Waals surface area contributed by atoms with Crippen molar-refractivity contribution in [1.82, 2.24) is 4.90 Å². The molecule has 2 amide bonds. The zero-order chi connectivity index (χ0) is 19.0. The van der Waals surface area contributed by atoms with Crippen molar-refractivity contribution in [2.75, 3.05) is 36.4 Å². The molecule has 0 fully saturated rings. The van der Waals surface area contributed by atoms with Crippen LogP contribution in [0.4, 0.5) is 11.4 Å². The van der Waals surface area contributed by atoms with Gasteiger partial charge < -0.3 is 15.1 Å². The van der Waals surface area contributed by atoms with Gasteiger partial charge in [-0.1, -0.05) is 13.8 Å². The van der Waals surface area contributed by atoms with Crippen molar-refractivity contribution in [1.29, 1.82) is 0 Å². The van der Waals surface area contributed by atoms with Crippen molar-refractivity contribution in [3.63, 3.8) is 0 Å². The second-order valence-corrected chi connectivity index (χ2v) is 6.84. The third-order valence-electron chi connectivity index (χ3n) is 4.37. The summed E-state index contributed by atoms with van der Waals surface area (Å²) in [5.74, 6) is 0.279. The number of nitrogens with zero attached hydrogens (tertiary/aromatic N) is 2. The van der Waals surface area contributed by atoms with Crippen LogP contribution < -0.4 is 10.2 Å². The highest BCUT2D eigenvalue weighted by atomic mass is 16.2. The fourth-order valence-corrected chi connectivity index (χ4v) is 2.70. The van der Waals surface area contributed by atoms with Crippen LogP contribution in [0.5, 0.6) is 0 Å². The van der Waals surface area contributed by atoms with Crippen molar-refractivity contribution in [2.45, 2.75) is 48.0 Å². The molecular weight excluding hydrogens is 314 g/mol. The lowest BCUT2D eigenvalue weighted by Gasteiger charge is -2.23. The molecule has 140 valence electrons. The Morgan fingerprint density at radius 1 is 1.16 bits per heavy atom. The van der Waals surface area contributed by atoms with Gasteiger partial charge in [0.1, 0.15) is 0 Å². The van der Waals surface area contributed by atoms with E-state index in [1.54, 1.807) is 4.90 Å². The summed E-state index contributed by atoms with van der Waals surface area (Å²) < 4.78 is 0. The topological polar surface area (TPSA) is 52.7 Å². The van der Waals surface area contributed by atoms with Crippen molar-refractivity contribution in [3.05, 3.63) is 23.8 Å². The molecule has 0 saturated carbocycles. The van der Waals surface area contributed by atoms with E-state index in [1.807, 2.05) is 19.1 Å². The van der Waals surface area contributed by atoms with Gasteiger partial charge in [0.05, 0.1) is 6.54 Å². The van der Waals surface area contributed by atoms with Gasteiger partial charge in [-0.15, -0.1) is 0 Å². The molecule has 5 heteroatoms. The van der Waals surface area contributed by atoms with Gasteiger partial charge in [0.2, 0.25) is 11.8 Å². The molecule has 1 N–H and O–H groups in total. The molecule has 0 unspecified atom stereocenters. The standard InChI is InChI=1S/C20H33N3O2/c1-7-22(8-2)18-9-10-19(16(5)13-18)21-20(25)14-23(17(6)24)12-11-15(3)4/h9-10,13,15H,7-8,11-12,14H2,1-6H3,(H,21,25). The maximum Gasteiger partial charge on any atom is 0.244 e. The van der Waals surface area contributed by atoms with Crippen LogP contribution in [0.15, 0.2) is 18.2 Å². The zero-order valence-corrected chi connectivity index (χ0v) is 16.6. The molecule has 0 aliphatic heterocycles. The summed E-state index contributed by atoms with van der Waals surface area (Å²) in [6.07, 6.45) is 0.893. The van der Waals surface area contributed by atoms with Gasteiger partial charge in [-0.2, -0.15) is 0 Å². The molecule has 0 atom stereocenters. The third-order valence-corrected chi connectivity index (χ3v) is 4.37. The van der Waals surface area contributed by atoms with E-state index in [1.165, 1.54) is 6.92 Å². The van der Waals surface area contributed by atoms with Gasteiger partial charge in [-0.3, -0.25) is 9.59 Å². The second kappa shape index (κ2) is 10.1. The number of aryl methyl sites for hydroxylation is 1. The summed E-state index contributed by atoms with van der Waals surface area (Å²) >= 11 is 0. The normalized spacial score (nSPS) is 10.7. The highest BCUT2D eigenvalue weighted by Gasteiger charge is 2.15. The van der Waals surface area contributed by atoms with E-state index >= 15 is 0 Å². The Labute approximate surface area is 152 Å². The highest BCUT2D eigenvalue weighted by Crippen LogP contribution is 2.22. The lowest BCUT2D eigenvalue weighted by molar-refractivity contribution is -0.132. The highest BCUT2D eigenvalue weighted by molar-refractivity contribution is 5.95. The number of carbonyl (C=O) groups excluding carboxylic acids is 2. The Balaban J connectivity index is 2.74. The molecule has 5 nitrogen and oxygen atoms in total. The number of nitrogens with one attached hydrogen (secondary N) is 1. The summed E-state index contributed by atoms with van der Waals surface area (Å²) in [6.45, 7) is 14.6. The number of carbonyl (C=O) groups is 2. The van der Waals surface area contributed by atoms with Crippen molar-refractivity contribution >= 4 is 23.2 Å².